The molecule has 24 heavy (non-hydrogen) atoms. The lowest BCUT2D eigenvalue weighted by atomic mass is 9.97. The van der Waals surface area contributed by atoms with E-state index in [0.29, 0.717) is 43.7 Å². The molecule has 0 radical (unpaired) electrons. The minimum atomic E-state index is 0. The highest BCUT2D eigenvalue weighted by Gasteiger charge is 2.23. The number of ether oxygens (including phenoxy) is 1. The Bertz CT molecular complexity index is 387. The molecule has 6 nitrogen and oxygen atoms in total. The van der Waals surface area contributed by atoms with Gasteiger partial charge in [-0.3, -0.25) is 9.59 Å². The van der Waals surface area contributed by atoms with Crippen LogP contribution in [-0.4, -0.2) is 85.6 Å². The van der Waals surface area contributed by atoms with Gasteiger partial charge in [0.25, 0.3) is 0 Å². The number of rotatable bonds is 7. The number of carbonyl (C=O) groups excluding carboxylic acids is 2. The first-order chi connectivity index (χ1) is 11.2. The molecule has 2 heterocycles. The number of hydrogen-bond donors (Lipinski definition) is 1. The molecule has 8 heteroatoms. The van der Waals surface area contributed by atoms with Crippen molar-refractivity contribution in [3.63, 3.8) is 0 Å². The fourth-order valence-electron chi connectivity index (χ4n) is 2.96. The van der Waals surface area contributed by atoms with Crippen LogP contribution in [0.2, 0.25) is 0 Å². The molecule has 0 aliphatic carbocycles. The minimum Gasteiger partial charge on any atom is -0.378 e. The Balaban J connectivity index is 0.00000288. The molecule has 0 unspecified atom stereocenters. The number of thioether (sulfide) groups is 1. The van der Waals surface area contributed by atoms with E-state index in [4.69, 9.17) is 4.74 Å². The molecule has 0 spiro atoms. The molecule has 0 saturated carbocycles. The monoisotopic (exact) mass is 379 g/mol. The van der Waals surface area contributed by atoms with Gasteiger partial charge in [0.2, 0.25) is 11.8 Å². The summed E-state index contributed by atoms with van der Waals surface area (Å²) in [5, 5.41) is 3.38. The van der Waals surface area contributed by atoms with Crippen LogP contribution in [0.25, 0.3) is 0 Å². The third-order valence-corrected chi connectivity index (χ3v) is 5.37. The van der Waals surface area contributed by atoms with Gasteiger partial charge < -0.3 is 19.9 Å². The van der Waals surface area contributed by atoms with Gasteiger partial charge in [0.05, 0.1) is 24.7 Å². The van der Waals surface area contributed by atoms with E-state index in [9.17, 15) is 9.59 Å². The highest BCUT2D eigenvalue weighted by molar-refractivity contribution is 8.00. The Labute approximate surface area is 155 Å². The summed E-state index contributed by atoms with van der Waals surface area (Å²) in [4.78, 5) is 28.0. The Hall–Kier alpha value is -0.500. The van der Waals surface area contributed by atoms with E-state index in [1.807, 2.05) is 9.80 Å². The van der Waals surface area contributed by atoms with Gasteiger partial charge in [0.15, 0.2) is 0 Å². The second-order valence-corrected chi connectivity index (χ2v) is 7.10. The molecule has 140 valence electrons. The quantitative estimate of drug-likeness (QED) is 0.710. The van der Waals surface area contributed by atoms with Gasteiger partial charge in [-0.25, -0.2) is 0 Å². The third kappa shape index (κ3) is 7.17. The third-order valence-electron chi connectivity index (χ3n) is 4.47. The predicted octanol–water partition coefficient (Wildman–Crippen LogP) is 0.848. The van der Waals surface area contributed by atoms with Crippen LogP contribution in [0.4, 0.5) is 0 Å². The van der Waals surface area contributed by atoms with Gasteiger partial charge in [0, 0.05) is 26.2 Å². The van der Waals surface area contributed by atoms with E-state index >= 15 is 0 Å². The van der Waals surface area contributed by atoms with Crippen molar-refractivity contribution in [1.82, 2.24) is 15.1 Å². The number of piperidine rings is 1. The number of morpholine rings is 1. The summed E-state index contributed by atoms with van der Waals surface area (Å²) in [5.74, 6) is 1.79. The van der Waals surface area contributed by atoms with Gasteiger partial charge in [-0.15, -0.1) is 24.2 Å². The predicted molar refractivity (Wildman–Crippen MR) is 99.8 cm³/mol. The number of hydrogen-bond acceptors (Lipinski definition) is 5. The summed E-state index contributed by atoms with van der Waals surface area (Å²) in [6.07, 6.45) is 2.16. The van der Waals surface area contributed by atoms with Gasteiger partial charge >= 0.3 is 0 Å². The molecule has 2 saturated heterocycles. The maximum absolute atomic E-state index is 12.2. The molecule has 2 rings (SSSR count). The van der Waals surface area contributed by atoms with E-state index in [1.165, 1.54) is 11.8 Å². The molecule has 0 aromatic rings. The number of nitrogens with one attached hydrogen (secondary N) is 1. The van der Waals surface area contributed by atoms with Crippen molar-refractivity contribution in [1.29, 1.82) is 0 Å². The van der Waals surface area contributed by atoms with E-state index < -0.39 is 0 Å². The average molecular weight is 380 g/mol. The van der Waals surface area contributed by atoms with Crippen LogP contribution in [-0.2, 0) is 14.3 Å². The molecule has 0 atom stereocenters. The second kappa shape index (κ2) is 12.0. The van der Waals surface area contributed by atoms with Crippen molar-refractivity contribution in [3.05, 3.63) is 0 Å². The van der Waals surface area contributed by atoms with Crippen molar-refractivity contribution in [2.75, 3.05) is 64.0 Å². The molecule has 2 aliphatic heterocycles. The lowest BCUT2D eigenvalue weighted by molar-refractivity contribution is -0.132. The fraction of sp³-hybridized carbons (Fsp3) is 0.875. The molecule has 1 N–H and O–H groups in total. The Morgan fingerprint density at radius 2 is 1.58 bits per heavy atom. The van der Waals surface area contributed by atoms with Crippen molar-refractivity contribution in [2.45, 2.75) is 19.8 Å². The van der Waals surface area contributed by atoms with Gasteiger partial charge in [-0.2, -0.15) is 0 Å². The number of halogens is 1. The molecule has 2 amide bonds. The smallest absolute Gasteiger partial charge is 0.232 e. The highest BCUT2D eigenvalue weighted by Crippen LogP contribution is 2.17. The van der Waals surface area contributed by atoms with Crippen LogP contribution in [0.1, 0.15) is 19.8 Å². The first-order valence-corrected chi connectivity index (χ1v) is 9.78. The molecular formula is C16H30ClN3O3S. The topological polar surface area (TPSA) is 61.9 Å². The average Bonchev–Trinajstić information content (AvgIpc) is 2.61. The van der Waals surface area contributed by atoms with Crippen LogP contribution >= 0.6 is 24.2 Å². The lowest BCUT2D eigenvalue weighted by Gasteiger charge is -2.32. The second-order valence-electron chi connectivity index (χ2n) is 6.12. The number of amides is 2. The Morgan fingerprint density at radius 1 is 1.04 bits per heavy atom. The van der Waals surface area contributed by atoms with Crippen molar-refractivity contribution < 1.29 is 14.3 Å². The van der Waals surface area contributed by atoms with E-state index in [1.54, 1.807) is 0 Å². The summed E-state index contributed by atoms with van der Waals surface area (Å²) < 4.78 is 5.24. The SMILES string of the molecule is CCNCC1CCN(C(=O)CSCC(=O)N2CCOCC2)CC1.Cl. The summed E-state index contributed by atoms with van der Waals surface area (Å²) in [5.41, 5.74) is 0. The first kappa shape index (κ1) is 21.5. The van der Waals surface area contributed by atoms with Crippen LogP contribution in [0.5, 0.6) is 0 Å². The zero-order valence-electron chi connectivity index (χ0n) is 14.5. The minimum absolute atomic E-state index is 0. The van der Waals surface area contributed by atoms with E-state index in [2.05, 4.69) is 12.2 Å². The standard InChI is InChI=1S/C16H29N3O3S.ClH/c1-2-17-11-14-3-5-18(6-4-14)15(20)12-23-13-16(21)19-7-9-22-10-8-19;/h14,17H,2-13H2,1H3;1H. The van der Waals surface area contributed by atoms with Gasteiger partial charge in [-0.05, 0) is 31.8 Å². The normalized spacial score (nSPS) is 19.0. The van der Waals surface area contributed by atoms with Crippen molar-refractivity contribution in [2.24, 2.45) is 5.92 Å². The Morgan fingerprint density at radius 3 is 2.12 bits per heavy atom. The molecule has 2 aliphatic rings. The van der Waals surface area contributed by atoms with Crippen LogP contribution < -0.4 is 5.32 Å². The van der Waals surface area contributed by atoms with Crippen LogP contribution in [0.15, 0.2) is 0 Å². The molecule has 0 bridgehead atoms. The fourth-order valence-corrected chi connectivity index (χ4v) is 3.77. The Kier molecular flexibility index (Phi) is 10.7. The maximum Gasteiger partial charge on any atom is 0.232 e. The van der Waals surface area contributed by atoms with Crippen LogP contribution in [0.3, 0.4) is 0 Å². The first-order valence-electron chi connectivity index (χ1n) is 8.62. The number of carbonyl (C=O) groups is 2. The summed E-state index contributed by atoms with van der Waals surface area (Å²) in [6, 6.07) is 0. The van der Waals surface area contributed by atoms with E-state index in [-0.39, 0.29) is 24.2 Å². The van der Waals surface area contributed by atoms with E-state index in [0.717, 1.165) is 39.0 Å². The van der Waals surface area contributed by atoms with Crippen molar-refractivity contribution >= 4 is 36.0 Å². The van der Waals surface area contributed by atoms with Gasteiger partial charge in [-0.1, -0.05) is 6.92 Å². The zero-order chi connectivity index (χ0) is 16.5. The summed E-state index contributed by atoms with van der Waals surface area (Å²) in [6.45, 7) is 8.48. The zero-order valence-corrected chi connectivity index (χ0v) is 16.1. The molecule has 0 aromatic carbocycles. The van der Waals surface area contributed by atoms with Gasteiger partial charge in [0.1, 0.15) is 0 Å². The number of nitrogens with zero attached hydrogens (tertiary/aromatic N) is 2. The van der Waals surface area contributed by atoms with Crippen molar-refractivity contribution in [3.8, 4) is 0 Å². The lowest BCUT2D eigenvalue weighted by Crippen LogP contribution is -2.43. The summed E-state index contributed by atoms with van der Waals surface area (Å²) in [7, 11) is 0. The molecule has 2 fully saturated rings. The number of likely N-dealkylation sites (tertiary alicyclic amines) is 1. The molecule has 0 aromatic heterocycles. The summed E-state index contributed by atoms with van der Waals surface area (Å²) >= 11 is 1.44. The maximum atomic E-state index is 12.2. The largest absolute Gasteiger partial charge is 0.378 e. The molecular weight excluding hydrogens is 350 g/mol. The highest BCUT2D eigenvalue weighted by atomic mass is 35.5. The van der Waals surface area contributed by atoms with Crippen LogP contribution in [0, 0.1) is 5.92 Å².